The van der Waals surface area contributed by atoms with E-state index in [1.54, 1.807) is 17.0 Å². The lowest BCUT2D eigenvalue weighted by Gasteiger charge is -2.36. The van der Waals surface area contributed by atoms with Gasteiger partial charge in [0.2, 0.25) is 0 Å². The molecule has 0 radical (unpaired) electrons. The highest BCUT2D eigenvalue weighted by atomic mass is 19.1. The first-order valence-corrected chi connectivity index (χ1v) is 7.29. The van der Waals surface area contributed by atoms with Gasteiger partial charge in [-0.15, -0.1) is 6.42 Å². The lowest BCUT2D eigenvalue weighted by Crippen LogP contribution is -2.50. The zero-order valence-electron chi connectivity index (χ0n) is 13.2. The predicted molar refractivity (Wildman–Crippen MR) is 84.4 cm³/mol. The minimum absolute atomic E-state index is 0.301. The van der Waals surface area contributed by atoms with Crippen LogP contribution in [0.4, 0.5) is 14.9 Å². The molecule has 2 rings (SSSR count). The second-order valence-corrected chi connectivity index (χ2v) is 6.26. The van der Waals surface area contributed by atoms with Gasteiger partial charge in [-0.2, -0.15) is 0 Å². The molecule has 1 amide bonds. The molecule has 0 spiro atoms. The molecule has 1 aliphatic heterocycles. The van der Waals surface area contributed by atoms with Crippen LogP contribution in [0.1, 0.15) is 26.3 Å². The van der Waals surface area contributed by atoms with E-state index in [9.17, 15) is 9.18 Å². The fourth-order valence-electron chi connectivity index (χ4n) is 2.30. The number of rotatable bonds is 1. The highest BCUT2D eigenvalue weighted by Gasteiger charge is 2.26. The van der Waals surface area contributed by atoms with Crippen molar-refractivity contribution in [1.29, 1.82) is 0 Å². The van der Waals surface area contributed by atoms with Crippen LogP contribution in [0.5, 0.6) is 0 Å². The molecule has 22 heavy (non-hydrogen) atoms. The molecule has 0 aromatic heterocycles. The first-order valence-electron chi connectivity index (χ1n) is 7.29. The largest absolute Gasteiger partial charge is 0.444 e. The summed E-state index contributed by atoms with van der Waals surface area (Å²) in [5, 5.41) is 0. The van der Waals surface area contributed by atoms with Gasteiger partial charge in [0.1, 0.15) is 11.4 Å². The molecule has 1 aromatic carbocycles. The Morgan fingerprint density at radius 1 is 1.27 bits per heavy atom. The highest BCUT2D eigenvalue weighted by Crippen LogP contribution is 2.22. The maximum atomic E-state index is 14.0. The number of hydrogen-bond donors (Lipinski definition) is 0. The van der Waals surface area contributed by atoms with Crippen LogP contribution < -0.4 is 4.90 Å². The number of piperazine rings is 1. The monoisotopic (exact) mass is 304 g/mol. The number of hydrogen-bond acceptors (Lipinski definition) is 3. The van der Waals surface area contributed by atoms with E-state index < -0.39 is 5.60 Å². The molecule has 4 nitrogen and oxygen atoms in total. The third-order valence-electron chi connectivity index (χ3n) is 3.38. The summed E-state index contributed by atoms with van der Waals surface area (Å²) in [6, 6.07) is 4.62. The van der Waals surface area contributed by atoms with Gasteiger partial charge in [-0.05, 0) is 39.0 Å². The lowest BCUT2D eigenvalue weighted by molar-refractivity contribution is 0.0240. The molecule has 0 bridgehead atoms. The average molecular weight is 304 g/mol. The number of ether oxygens (including phenoxy) is 1. The topological polar surface area (TPSA) is 32.8 Å². The summed E-state index contributed by atoms with van der Waals surface area (Å²) < 4.78 is 19.3. The third-order valence-corrected chi connectivity index (χ3v) is 3.38. The molecule has 1 aromatic rings. The molecule has 1 saturated heterocycles. The molecular weight excluding hydrogens is 283 g/mol. The Morgan fingerprint density at radius 2 is 1.91 bits per heavy atom. The Kier molecular flexibility index (Phi) is 4.60. The van der Waals surface area contributed by atoms with Crippen molar-refractivity contribution in [3.05, 3.63) is 29.6 Å². The van der Waals surface area contributed by atoms with E-state index in [0.29, 0.717) is 37.4 Å². The third kappa shape index (κ3) is 3.91. The van der Waals surface area contributed by atoms with Gasteiger partial charge in [0, 0.05) is 31.7 Å². The van der Waals surface area contributed by atoms with Crippen molar-refractivity contribution in [2.24, 2.45) is 0 Å². The maximum Gasteiger partial charge on any atom is 0.410 e. The quantitative estimate of drug-likeness (QED) is 0.748. The van der Waals surface area contributed by atoms with Gasteiger partial charge >= 0.3 is 6.09 Å². The van der Waals surface area contributed by atoms with Gasteiger partial charge in [-0.1, -0.05) is 5.92 Å². The second-order valence-electron chi connectivity index (χ2n) is 6.26. The van der Waals surface area contributed by atoms with Crippen LogP contribution in [0.25, 0.3) is 0 Å². The molecule has 0 atom stereocenters. The van der Waals surface area contributed by atoms with Gasteiger partial charge in [0.05, 0.1) is 5.69 Å². The fraction of sp³-hybridized carbons (Fsp3) is 0.471. The Hall–Kier alpha value is -2.22. The van der Waals surface area contributed by atoms with Crippen molar-refractivity contribution < 1.29 is 13.9 Å². The second kappa shape index (κ2) is 6.27. The van der Waals surface area contributed by atoms with E-state index in [1.165, 1.54) is 6.07 Å². The van der Waals surface area contributed by atoms with Gasteiger partial charge < -0.3 is 14.5 Å². The number of halogens is 1. The summed E-state index contributed by atoms with van der Waals surface area (Å²) in [4.78, 5) is 15.6. The summed E-state index contributed by atoms with van der Waals surface area (Å²) >= 11 is 0. The summed E-state index contributed by atoms with van der Waals surface area (Å²) in [5.74, 6) is 2.21. The van der Waals surface area contributed by atoms with Crippen LogP contribution in [0.3, 0.4) is 0 Å². The van der Waals surface area contributed by atoms with Crippen LogP contribution in [0.2, 0.25) is 0 Å². The van der Waals surface area contributed by atoms with Gasteiger partial charge in [0.15, 0.2) is 0 Å². The zero-order valence-corrected chi connectivity index (χ0v) is 13.2. The molecule has 1 heterocycles. The number of benzene rings is 1. The van der Waals surface area contributed by atoms with E-state index in [4.69, 9.17) is 11.2 Å². The molecular formula is C17H21FN2O2. The minimum Gasteiger partial charge on any atom is -0.444 e. The van der Waals surface area contributed by atoms with E-state index in [1.807, 2.05) is 25.7 Å². The van der Waals surface area contributed by atoms with Gasteiger partial charge in [-0.25, -0.2) is 9.18 Å². The van der Waals surface area contributed by atoms with E-state index in [2.05, 4.69) is 5.92 Å². The van der Waals surface area contributed by atoms with Crippen molar-refractivity contribution in [2.75, 3.05) is 31.1 Å². The van der Waals surface area contributed by atoms with Crippen LogP contribution in [-0.2, 0) is 4.74 Å². The Balaban J connectivity index is 2.01. The number of carbonyl (C=O) groups is 1. The standard InChI is InChI=1S/C17H21FN2O2/c1-5-13-6-7-14(18)15(12-13)19-8-10-20(11-9-19)16(21)22-17(2,3)4/h1,6-7,12H,8-11H2,2-4H3. The number of carbonyl (C=O) groups excluding carboxylic acids is 1. The van der Waals surface area contributed by atoms with Crippen molar-refractivity contribution in [3.63, 3.8) is 0 Å². The van der Waals surface area contributed by atoms with E-state index >= 15 is 0 Å². The van der Waals surface area contributed by atoms with Crippen LogP contribution >= 0.6 is 0 Å². The molecule has 0 saturated carbocycles. The summed E-state index contributed by atoms with van der Waals surface area (Å²) in [5.41, 5.74) is 0.617. The summed E-state index contributed by atoms with van der Waals surface area (Å²) in [7, 11) is 0. The molecule has 0 N–H and O–H groups in total. The van der Waals surface area contributed by atoms with Gasteiger partial charge in [-0.3, -0.25) is 0 Å². The Labute approximate surface area is 130 Å². The maximum absolute atomic E-state index is 14.0. The smallest absolute Gasteiger partial charge is 0.410 e. The number of anilines is 1. The summed E-state index contributed by atoms with van der Waals surface area (Å²) in [6.07, 6.45) is 5.03. The fourth-order valence-corrected chi connectivity index (χ4v) is 2.30. The minimum atomic E-state index is -0.512. The van der Waals surface area contributed by atoms with E-state index in [-0.39, 0.29) is 11.9 Å². The zero-order chi connectivity index (χ0) is 16.3. The lowest BCUT2D eigenvalue weighted by atomic mass is 10.1. The first kappa shape index (κ1) is 16.2. The van der Waals surface area contributed by atoms with Crippen molar-refractivity contribution in [1.82, 2.24) is 4.90 Å². The van der Waals surface area contributed by atoms with Gasteiger partial charge in [0.25, 0.3) is 0 Å². The average Bonchev–Trinajstić information content (AvgIpc) is 2.46. The number of terminal acetylenes is 1. The molecule has 0 aliphatic carbocycles. The van der Waals surface area contributed by atoms with Crippen molar-refractivity contribution in [2.45, 2.75) is 26.4 Å². The molecule has 118 valence electrons. The Morgan fingerprint density at radius 3 is 2.45 bits per heavy atom. The van der Waals surface area contributed by atoms with Crippen molar-refractivity contribution >= 4 is 11.8 Å². The molecule has 1 aliphatic rings. The summed E-state index contributed by atoms with van der Waals surface area (Å²) in [6.45, 7) is 7.59. The Bertz CT molecular complexity index is 594. The van der Waals surface area contributed by atoms with Crippen molar-refractivity contribution in [3.8, 4) is 12.3 Å². The van der Waals surface area contributed by atoms with Crippen LogP contribution in [-0.4, -0.2) is 42.8 Å². The van der Waals surface area contributed by atoms with Crippen LogP contribution in [0.15, 0.2) is 18.2 Å². The van der Waals surface area contributed by atoms with Crippen LogP contribution in [0, 0.1) is 18.2 Å². The number of nitrogens with zero attached hydrogens (tertiary/aromatic N) is 2. The number of amides is 1. The normalized spacial score (nSPS) is 15.4. The molecule has 0 unspecified atom stereocenters. The molecule has 1 fully saturated rings. The predicted octanol–water partition coefficient (Wildman–Crippen LogP) is 2.86. The SMILES string of the molecule is C#Cc1ccc(F)c(N2CCN(C(=O)OC(C)(C)C)CC2)c1. The van der Waals surface area contributed by atoms with E-state index in [0.717, 1.165) is 0 Å². The molecule has 5 heteroatoms. The highest BCUT2D eigenvalue weighted by molar-refractivity contribution is 5.68. The first-order chi connectivity index (χ1) is 10.3.